The minimum Gasteiger partial charge on any atom is -0.497 e. The van der Waals surface area contributed by atoms with Crippen molar-refractivity contribution in [2.75, 3.05) is 13.7 Å². The van der Waals surface area contributed by atoms with Crippen LogP contribution in [0.3, 0.4) is 0 Å². The van der Waals surface area contributed by atoms with Crippen molar-refractivity contribution in [2.24, 2.45) is 0 Å². The predicted molar refractivity (Wildman–Crippen MR) is 67.7 cm³/mol. The van der Waals surface area contributed by atoms with E-state index in [1.807, 2.05) is 23.5 Å². The summed E-state index contributed by atoms with van der Waals surface area (Å²) < 4.78 is 41.3. The van der Waals surface area contributed by atoms with Crippen molar-refractivity contribution in [3.8, 4) is 5.75 Å². The van der Waals surface area contributed by atoms with E-state index in [2.05, 4.69) is 0 Å². The predicted octanol–water partition coefficient (Wildman–Crippen LogP) is 2.79. The number of aryl methyl sites for hydroxylation is 1. The van der Waals surface area contributed by atoms with Crippen LogP contribution < -0.4 is 10.1 Å². The summed E-state index contributed by atoms with van der Waals surface area (Å²) in [4.78, 5) is 10.7. The van der Waals surface area contributed by atoms with E-state index in [1.54, 1.807) is 7.11 Å². The molecule has 0 saturated carbocycles. The van der Waals surface area contributed by atoms with Gasteiger partial charge in [0.05, 0.1) is 7.11 Å². The number of hydrogen-bond donors (Lipinski definition) is 1. The van der Waals surface area contributed by atoms with Crippen LogP contribution in [0.4, 0.5) is 13.2 Å². The van der Waals surface area contributed by atoms with E-state index in [0.29, 0.717) is 6.42 Å². The molecule has 1 aliphatic rings. The Balaban J connectivity index is 1.92. The lowest BCUT2D eigenvalue weighted by molar-refractivity contribution is -0.173. The molecule has 0 fully saturated rings. The van der Waals surface area contributed by atoms with Crippen LogP contribution in [0.25, 0.3) is 0 Å². The molecule has 1 amide bonds. The van der Waals surface area contributed by atoms with Gasteiger partial charge in [-0.2, -0.15) is 13.2 Å². The van der Waals surface area contributed by atoms with Crippen LogP contribution in [0.2, 0.25) is 0 Å². The van der Waals surface area contributed by atoms with Crippen molar-refractivity contribution < 1.29 is 22.7 Å². The van der Waals surface area contributed by atoms with Crippen molar-refractivity contribution in [3.63, 3.8) is 0 Å². The van der Waals surface area contributed by atoms with Crippen LogP contribution >= 0.6 is 0 Å². The van der Waals surface area contributed by atoms with E-state index >= 15 is 0 Å². The van der Waals surface area contributed by atoms with Gasteiger partial charge < -0.3 is 10.1 Å². The molecule has 1 atom stereocenters. The molecular formula is C14H16F3NO2. The number of hydrogen-bond acceptors (Lipinski definition) is 2. The van der Waals surface area contributed by atoms with E-state index in [4.69, 9.17) is 4.74 Å². The van der Waals surface area contributed by atoms with E-state index in [1.165, 1.54) is 5.56 Å². The second kappa shape index (κ2) is 5.73. The molecule has 0 radical (unpaired) electrons. The standard InChI is InChI=1S/C14H16F3NO2/c1-20-11-5-4-9-2-3-10(12(9)8-11)6-7-18-13(19)14(15,16)17/h4-5,8,10H,2-3,6-7H2,1H3,(H,18,19)/t10-/m1/s1. The largest absolute Gasteiger partial charge is 0.497 e. The van der Waals surface area contributed by atoms with Gasteiger partial charge in [0.2, 0.25) is 0 Å². The van der Waals surface area contributed by atoms with Gasteiger partial charge in [-0.15, -0.1) is 0 Å². The number of amides is 1. The Morgan fingerprint density at radius 3 is 2.85 bits per heavy atom. The third-order valence-corrected chi connectivity index (χ3v) is 3.59. The van der Waals surface area contributed by atoms with E-state index in [9.17, 15) is 18.0 Å². The second-order valence-electron chi connectivity index (χ2n) is 4.84. The summed E-state index contributed by atoms with van der Waals surface area (Å²) in [6, 6.07) is 5.80. The molecule has 0 aromatic heterocycles. The van der Waals surface area contributed by atoms with Crippen LogP contribution in [0.1, 0.15) is 29.9 Å². The zero-order valence-corrected chi connectivity index (χ0v) is 11.1. The summed E-state index contributed by atoms with van der Waals surface area (Å²) in [5.74, 6) is -0.954. The average Bonchev–Trinajstić information content (AvgIpc) is 2.80. The van der Waals surface area contributed by atoms with Gasteiger partial charge in [-0.1, -0.05) is 6.07 Å². The molecule has 0 heterocycles. The molecular weight excluding hydrogens is 271 g/mol. The molecule has 110 valence electrons. The minimum atomic E-state index is -4.81. The van der Waals surface area contributed by atoms with E-state index < -0.39 is 12.1 Å². The summed E-state index contributed by atoms with van der Waals surface area (Å²) in [5, 5.41) is 1.91. The van der Waals surface area contributed by atoms with Crippen LogP contribution in [0, 0.1) is 0 Å². The summed E-state index contributed by atoms with van der Waals surface area (Å²) in [6.07, 6.45) is -2.50. The first-order valence-corrected chi connectivity index (χ1v) is 6.43. The number of rotatable bonds is 4. The number of carbonyl (C=O) groups excluding carboxylic acids is 1. The van der Waals surface area contributed by atoms with Gasteiger partial charge in [-0.25, -0.2) is 0 Å². The van der Waals surface area contributed by atoms with Gasteiger partial charge in [0.15, 0.2) is 0 Å². The highest BCUT2D eigenvalue weighted by Crippen LogP contribution is 2.37. The second-order valence-corrected chi connectivity index (χ2v) is 4.84. The van der Waals surface area contributed by atoms with Gasteiger partial charge in [0, 0.05) is 6.54 Å². The van der Waals surface area contributed by atoms with Crippen molar-refractivity contribution >= 4 is 5.91 Å². The lowest BCUT2D eigenvalue weighted by Gasteiger charge is -2.14. The van der Waals surface area contributed by atoms with Crippen molar-refractivity contribution in [3.05, 3.63) is 29.3 Å². The molecule has 0 bridgehead atoms. The molecule has 1 aromatic rings. The molecule has 6 heteroatoms. The molecule has 3 nitrogen and oxygen atoms in total. The van der Waals surface area contributed by atoms with E-state index in [-0.39, 0.29) is 12.5 Å². The fourth-order valence-corrected chi connectivity index (χ4v) is 2.55. The molecule has 0 aliphatic heterocycles. The van der Waals surface area contributed by atoms with Gasteiger partial charge in [0.25, 0.3) is 0 Å². The number of nitrogens with one attached hydrogen (secondary N) is 1. The Bertz CT molecular complexity index is 500. The normalized spacial score (nSPS) is 17.7. The number of methoxy groups -OCH3 is 1. The highest BCUT2D eigenvalue weighted by molar-refractivity contribution is 5.81. The summed E-state index contributed by atoms with van der Waals surface area (Å²) in [5.41, 5.74) is 2.32. The van der Waals surface area contributed by atoms with Crippen molar-refractivity contribution in [1.29, 1.82) is 0 Å². The monoisotopic (exact) mass is 287 g/mol. The van der Waals surface area contributed by atoms with Gasteiger partial charge in [-0.3, -0.25) is 4.79 Å². The number of alkyl halides is 3. The van der Waals surface area contributed by atoms with Gasteiger partial charge >= 0.3 is 12.1 Å². The van der Waals surface area contributed by atoms with Crippen LogP contribution in [0.15, 0.2) is 18.2 Å². The number of carbonyl (C=O) groups is 1. The van der Waals surface area contributed by atoms with Crippen molar-refractivity contribution in [1.82, 2.24) is 5.32 Å². The number of benzene rings is 1. The third kappa shape index (κ3) is 3.23. The zero-order chi connectivity index (χ0) is 14.8. The lowest BCUT2D eigenvalue weighted by Crippen LogP contribution is -2.37. The molecule has 0 saturated heterocycles. The SMILES string of the molecule is COc1ccc2c(c1)[C@@H](CCNC(=O)C(F)(F)F)CC2. The summed E-state index contributed by atoms with van der Waals surface area (Å²) in [7, 11) is 1.58. The summed E-state index contributed by atoms with van der Waals surface area (Å²) >= 11 is 0. The Hall–Kier alpha value is -1.72. The van der Waals surface area contributed by atoms with Gasteiger partial charge in [-0.05, 0) is 48.4 Å². The maximum Gasteiger partial charge on any atom is 0.471 e. The molecule has 1 N–H and O–H groups in total. The molecule has 2 rings (SSSR count). The number of ether oxygens (including phenoxy) is 1. The fraction of sp³-hybridized carbons (Fsp3) is 0.500. The quantitative estimate of drug-likeness (QED) is 0.924. The first kappa shape index (κ1) is 14.7. The smallest absolute Gasteiger partial charge is 0.471 e. The van der Waals surface area contributed by atoms with E-state index in [0.717, 1.165) is 24.2 Å². The molecule has 20 heavy (non-hydrogen) atoms. The van der Waals surface area contributed by atoms with Gasteiger partial charge in [0.1, 0.15) is 5.75 Å². The minimum absolute atomic E-state index is 0.0274. The number of halogens is 3. The average molecular weight is 287 g/mol. The highest BCUT2D eigenvalue weighted by Gasteiger charge is 2.38. The Kier molecular flexibility index (Phi) is 4.20. The Morgan fingerprint density at radius 1 is 1.45 bits per heavy atom. The van der Waals surface area contributed by atoms with Crippen LogP contribution in [-0.2, 0) is 11.2 Å². The van der Waals surface area contributed by atoms with Crippen LogP contribution in [0.5, 0.6) is 5.75 Å². The Morgan fingerprint density at radius 2 is 2.20 bits per heavy atom. The topological polar surface area (TPSA) is 38.3 Å². The lowest BCUT2D eigenvalue weighted by atomic mass is 9.97. The molecule has 1 aliphatic carbocycles. The summed E-state index contributed by atoms with van der Waals surface area (Å²) in [6.45, 7) is 0.0274. The maximum atomic E-state index is 12.1. The first-order chi connectivity index (χ1) is 9.41. The zero-order valence-electron chi connectivity index (χ0n) is 11.1. The molecule has 0 spiro atoms. The maximum absolute atomic E-state index is 12.1. The fourth-order valence-electron chi connectivity index (χ4n) is 2.55. The molecule has 0 unspecified atom stereocenters. The number of fused-ring (bicyclic) bond motifs is 1. The van der Waals surface area contributed by atoms with Crippen molar-refractivity contribution in [2.45, 2.75) is 31.4 Å². The third-order valence-electron chi connectivity index (χ3n) is 3.59. The Labute approximate surface area is 115 Å². The van der Waals surface area contributed by atoms with Crippen LogP contribution in [-0.4, -0.2) is 25.7 Å². The highest BCUT2D eigenvalue weighted by atomic mass is 19.4. The first-order valence-electron chi connectivity index (χ1n) is 6.43. The molecule has 1 aromatic carbocycles.